The third kappa shape index (κ3) is 3.53. The van der Waals surface area contributed by atoms with Crippen LogP contribution in [-0.2, 0) is 14.3 Å². The van der Waals surface area contributed by atoms with E-state index in [0.29, 0.717) is 12.6 Å². The number of carbonyl (C=O) groups excluding carboxylic acids is 2. The first-order chi connectivity index (χ1) is 9.63. The van der Waals surface area contributed by atoms with E-state index in [2.05, 4.69) is 0 Å². The van der Waals surface area contributed by atoms with Gasteiger partial charge < -0.3 is 9.64 Å². The van der Waals surface area contributed by atoms with E-state index in [4.69, 9.17) is 4.74 Å². The molecule has 4 heteroatoms. The molecule has 2 aliphatic rings. The third-order valence-corrected chi connectivity index (χ3v) is 4.83. The van der Waals surface area contributed by atoms with Crippen LogP contribution >= 0.6 is 0 Å². The van der Waals surface area contributed by atoms with E-state index < -0.39 is 0 Å². The highest BCUT2D eigenvalue weighted by Gasteiger charge is 2.35. The summed E-state index contributed by atoms with van der Waals surface area (Å²) < 4.78 is 4.80. The number of hydrogen-bond acceptors (Lipinski definition) is 3. The highest BCUT2D eigenvalue weighted by Crippen LogP contribution is 2.32. The number of carbonyl (C=O) groups is 2. The highest BCUT2D eigenvalue weighted by atomic mass is 16.5. The van der Waals surface area contributed by atoms with Gasteiger partial charge in [-0.15, -0.1) is 0 Å². The largest absolute Gasteiger partial charge is 0.469 e. The molecule has 0 bridgehead atoms. The van der Waals surface area contributed by atoms with Crippen LogP contribution in [0.3, 0.4) is 0 Å². The molecule has 1 amide bonds. The molecule has 4 nitrogen and oxygen atoms in total. The maximum atomic E-state index is 12.6. The fourth-order valence-electron chi connectivity index (χ4n) is 3.27. The monoisotopic (exact) mass is 281 g/mol. The molecule has 1 atom stereocenters. The van der Waals surface area contributed by atoms with E-state index >= 15 is 0 Å². The molecular formula is C16H27NO3. The Morgan fingerprint density at radius 1 is 1.10 bits per heavy atom. The lowest BCUT2D eigenvalue weighted by molar-refractivity contribution is -0.149. The Hall–Kier alpha value is -1.06. The van der Waals surface area contributed by atoms with Crippen molar-refractivity contribution in [1.29, 1.82) is 0 Å². The number of esters is 1. The number of amides is 1. The molecule has 0 aliphatic heterocycles. The number of nitrogens with zero attached hydrogens (tertiary/aromatic N) is 1. The van der Waals surface area contributed by atoms with Crippen LogP contribution in [0.5, 0.6) is 0 Å². The standard InChI is InChI=1S/C16H27NO3/c1-12(16(19)20-2)11-17(14-9-4-3-5-10-14)15(18)13-7-6-8-13/h12-14H,3-11H2,1-2H3. The van der Waals surface area contributed by atoms with Crippen LogP contribution in [0.15, 0.2) is 0 Å². The van der Waals surface area contributed by atoms with Crippen molar-refractivity contribution < 1.29 is 14.3 Å². The Balaban J connectivity index is 2.01. The second kappa shape index (κ2) is 7.09. The van der Waals surface area contributed by atoms with Gasteiger partial charge in [-0.05, 0) is 25.7 Å². The van der Waals surface area contributed by atoms with Crippen LogP contribution in [-0.4, -0.2) is 36.5 Å². The number of methoxy groups -OCH3 is 1. The lowest BCUT2D eigenvalue weighted by atomic mass is 9.83. The Kier molecular flexibility index (Phi) is 5.44. The van der Waals surface area contributed by atoms with Gasteiger partial charge in [-0.3, -0.25) is 9.59 Å². The molecule has 114 valence electrons. The van der Waals surface area contributed by atoms with Crippen LogP contribution < -0.4 is 0 Å². The van der Waals surface area contributed by atoms with Crippen LogP contribution in [0.25, 0.3) is 0 Å². The lowest BCUT2D eigenvalue weighted by Gasteiger charge is -2.39. The molecule has 2 saturated carbocycles. The molecule has 20 heavy (non-hydrogen) atoms. The van der Waals surface area contributed by atoms with E-state index in [1.165, 1.54) is 32.8 Å². The van der Waals surface area contributed by atoms with Gasteiger partial charge in [0.1, 0.15) is 0 Å². The van der Waals surface area contributed by atoms with Gasteiger partial charge in [-0.25, -0.2) is 0 Å². The van der Waals surface area contributed by atoms with Crippen molar-refractivity contribution in [3.63, 3.8) is 0 Å². The average Bonchev–Trinajstić information content (AvgIpc) is 2.42. The predicted molar refractivity (Wildman–Crippen MR) is 77.1 cm³/mol. The molecule has 0 aromatic rings. The number of ether oxygens (including phenoxy) is 1. The minimum absolute atomic E-state index is 0.210. The van der Waals surface area contributed by atoms with Crippen molar-refractivity contribution in [3.8, 4) is 0 Å². The van der Waals surface area contributed by atoms with Gasteiger partial charge in [0.15, 0.2) is 0 Å². The second-order valence-corrected chi connectivity index (χ2v) is 6.33. The van der Waals surface area contributed by atoms with Gasteiger partial charge in [-0.1, -0.05) is 32.6 Å². The fourth-order valence-corrected chi connectivity index (χ4v) is 3.27. The van der Waals surface area contributed by atoms with E-state index in [0.717, 1.165) is 25.7 Å². The second-order valence-electron chi connectivity index (χ2n) is 6.33. The maximum Gasteiger partial charge on any atom is 0.310 e. The van der Waals surface area contributed by atoms with Crippen LogP contribution in [0, 0.1) is 11.8 Å². The predicted octanol–water partition coefficient (Wildman–Crippen LogP) is 2.76. The molecule has 0 spiro atoms. The fraction of sp³-hybridized carbons (Fsp3) is 0.875. The van der Waals surface area contributed by atoms with Crippen molar-refractivity contribution in [2.75, 3.05) is 13.7 Å². The van der Waals surface area contributed by atoms with E-state index in [9.17, 15) is 9.59 Å². The van der Waals surface area contributed by atoms with Gasteiger partial charge in [0.05, 0.1) is 13.0 Å². The van der Waals surface area contributed by atoms with Crippen LogP contribution in [0.2, 0.25) is 0 Å². The summed E-state index contributed by atoms with van der Waals surface area (Å²) in [4.78, 5) is 26.3. The van der Waals surface area contributed by atoms with E-state index in [-0.39, 0.29) is 23.7 Å². The van der Waals surface area contributed by atoms with Crippen molar-refractivity contribution in [2.24, 2.45) is 11.8 Å². The highest BCUT2D eigenvalue weighted by molar-refractivity contribution is 5.81. The molecule has 0 saturated heterocycles. The molecule has 0 N–H and O–H groups in total. The van der Waals surface area contributed by atoms with E-state index in [1.54, 1.807) is 0 Å². The summed E-state index contributed by atoms with van der Waals surface area (Å²) in [5, 5.41) is 0. The van der Waals surface area contributed by atoms with Gasteiger partial charge in [-0.2, -0.15) is 0 Å². The Bertz CT molecular complexity index is 346. The van der Waals surface area contributed by atoms with Crippen molar-refractivity contribution in [3.05, 3.63) is 0 Å². The minimum atomic E-state index is -0.231. The smallest absolute Gasteiger partial charge is 0.310 e. The zero-order valence-corrected chi connectivity index (χ0v) is 12.8. The average molecular weight is 281 g/mol. The van der Waals surface area contributed by atoms with Crippen molar-refractivity contribution >= 4 is 11.9 Å². The summed E-state index contributed by atoms with van der Waals surface area (Å²) in [5.74, 6) is 0.0406. The van der Waals surface area contributed by atoms with Crippen molar-refractivity contribution in [1.82, 2.24) is 4.90 Å². The SMILES string of the molecule is COC(=O)C(C)CN(C(=O)C1CCC1)C1CCCCC1. The zero-order valence-electron chi connectivity index (χ0n) is 12.8. The summed E-state index contributed by atoms with van der Waals surface area (Å²) in [5.41, 5.74) is 0. The minimum Gasteiger partial charge on any atom is -0.469 e. The Morgan fingerprint density at radius 3 is 2.25 bits per heavy atom. The van der Waals surface area contributed by atoms with Crippen molar-refractivity contribution in [2.45, 2.75) is 64.3 Å². The number of hydrogen-bond donors (Lipinski definition) is 0. The molecule has 0 aromatic carbocycles. The maximum absolute atomic E-state index is 12.6. The van der Waals surface area contributed by atoms with Crippen LogP contribution in [0.4, 0.5) is 0 Å². The summed E-state index contributed by atoms with van der Waals surface area (Å²) in [6, 6.07) is 0.337. The molecule has 0 aromatic heterocycles. The molecule has 2 fully saturated rings. The van der Waals surface area contributed by atoms with Gasteiger partial charge in [0, 0.05) is 18.5 Å². The van der Waals surface area contributed by atoms with Crippen LogP contribution in [0.1, 0.15) is 58.3 Å². The molecule has 1 unspecified atom stereocenters. The summed E-state index contributed by atoms with van der Waals surface area (Å²) in [7, 11) is 1.41. The topological polar surface area (TPSA) is 46.6 Å². The molecule has 2 aliphatic carbocycles. The molecule has 0 heterocycles. The first kappa shape index (κ1) is 15.3. The Morgan fingerprint density at radius 2 is 1.75 bits per heavy atom. The normalized spacial score (nSPS) is 21.9. The zero-order chi connectivity index (χ0) is 14.5. The molecular weight excluding hydrogens is 254 g/mol. The van der Waals surface area contributed by atoms with E-state index in [1.807, 2.05) is 11.8 Å². The molecule has 0 radical (unpaired) electrons. The summed E-state index contributed by atoms with van der Waals surface area (Å²) in [6.45, 7) is 2.38. The van der Waals surface area contributed by atoms with Gasteiger partial charge >= 0.3 is 5.97 Å². The quantitative estimate of drug-likeness (QED) is 0.728. The lowest BCUT2D eigenvalue weighted by Crippen LogP contribution is -2.48. The summed E-state index contributed by atoms with van der Waals surface area (Å²) >= 11 is 0. The third-order valence-electron chi connectivity index (χ3n) is 4.83. The molecule has 2 rings (SSSR count). The Labute approximate surface area is 121 Å². The summed E-state index contributed by atoms with van der Waals surface area (Å²) in [6.07, 6.45) is 9.06. The first-order valence-corrected chi connectivity index (χ1v) is 8.01. The van der Waals surface area contributed by atoms with Gasteiger partial charge in [0.25, 0.3) is 0 Å². The first-order valence-electron chi connectivity index (χ1n) is 8.01. The number of rotatable bonds is 5. The van der Waals surface area contributed by atoms with Gasteiger partial charge in [0.2, 0.25) is 5.91 Å².